The molecule has 0 aliphatic heterocycles. The predicted octanol–water partition coefficient (Wildman–Crippen LogP) is 0.925. The zero-order valence-electron chi connectivity index (χ0n) is 8.62. The normalized spacial score (nSPS) is 11.1. The van der Waals surface area contributed by atoms with Crippen LogP contribution in [0.3, 0.4) is 0 Å². The quantitative estimate of drug-likeness (QED) is 0.155. The second-order valence-corrected chi connectivity index (χ2v) is 3.22. The molecule has 1 rings (SSSR count). The molecular weight excluding hydrogens is 252 g/mol. The summed E-state index contributed by atoms with van der Waals surface area (Å²) < 4.78 is 5.71. The molecule has 90 valence electrons. The van der Waals surface area contributed by atoms with Crippen LogP contribution >= 0.6 is 11.6 Å². The highest BCUT2D eigenvalue weighted by Gasteiger charge is 2.21. The Morgan fingerprint density at radius 3 is 2.94 bits per heavy atom. The second kappa shape index (κ2) is 5.16. The smallest absolute Gasteiger partial charge is 0.374 e. The lowest BCUT2D eigenvalue weighted by molar-refractivity contribution is -0.468. The molecule has 1 aromatic heterocycles. The van der Waals surface area contributed by atoms with Gasteiger partial charge in [0.1, 0.15) is 0 Å². The number of nitro groups is 1. The molecule has 0 bridgehead atoms. The van der Waals surface area contributed by atoms with Crippen LogP contribution in [0.25, 0.3) is 0 Å². The zero-order chi connectivity index (χ0) is 13.0. The molecule has 17 heavy (non-hydrogen) atoms. The Morgan fingerprint density at radius 2 is 2.41 bits per heavy atom. The van der Waals surface area contributed by atoms with Crippen molar-refractivity contribution < 1.29 is 14.4 Å². The highest BCUT2D eigenvalue weighted by atomic mass is 35.5. The first-order valence-electron chi connectivity index (χ1n) is 4.16. The lowest BCUT2D eigenvalue weighted by Gasteiger charge is -2.02. The van der Waals surface area contributed by atoms with Crippen molar-refractivity contribution in [3.63, 3.8) is 0 Å². The summed E-state index contributed by atoms with van der Waals surface area (Å²) >= 11 is 5.56. The van der Waals surface area contributed by atoms with E-state index in [1.54, 1.807) is 0 Å². The molecule has 0 fully saturated rings. The van der Waals surface area contributed by atoms with Gasteiger partial charge in [0.2, 0.25) is 0 Å². The number of hydrogen-bond donors (Lipinski definition) is 2. The molecule has 0 atom stereocenters. The fourth-order valence-corrected chi connectivity index (χ4v) is 0.988. The van der Waals surface area contributed by atoms with E-state index in [-0.39, 0.29) is 10.9 Å². The van der Waals surface area contributed by atoms with Crippen LogP contribution in [0.5, 0.6) is 5.88 Å². The standard InChI is InChI=1S/C7H7ClN6O3/c1-13(12-10)7(9)17-6-5(14(15)16)2-4(8)3-11-6/h2-3,9-10H,1H3/p+1. The number of pyridine rings is 1. The van der Waals surface area contributed by atoms with E-state index in [9.17, 15) is 10.1 Å². The average molecular weight is 260 g/mol. The summed E-state index contributed by atoms with van der Waals surface area (Å²) in [6.07, 6.45) is 1.16. The van der Waals surface area contributed by atoms with Gasteiger partial charge < -0.3 is 4.74 Å². The third kappa shape index (κ3) is 3.08. The Kier molecular flexibility index (Phi) is 3.88. The molecule has 0 amide bonds. The molecule has 0 aliphatic rings. The molecule has 0 radical (unpaired) electrons. The van der Waals surface area contributed by atoms with Gasteiger partial charge in [-0.1, -0.05) is 11.6 Å². The Bertz CT molecular complexity index is 502. The van der Waals surface area contributed by atoms with E-state index >= 15 is 0 Å². The largest absolute Gasteiger partial charge is 0.452 e. The third-order valence-electron chi connectivity index (χ3n) is 1.66. The highest BCUT2D eigenvalue weighted by molar-refractivity contribution is 6.30. The number of nitrogens with two attached hydrogens (primary N) is 1. The van der Waals surface area contributed by atoms with Crippen molar-refractivity contribution in [3.8, 4) is 5.88 Å². The fourth-order valence-electron chi connectivity index (χ4n) is 0.836. The number of nitrogens with one attached hydrogen (secondary N) is 1. The number of halogens is 1. The van der Waals surface area contributed by atoms with Gasteiger partial charge in [-0.25, -0.2) is 10.8 Å². The molecule has 0 saturated heterocycles. The van der Waals surface area contributed by atoms with Crippen LogP contribution in [0.2, 0.25) is 5.02 Å². The van der Waals surface area contributed by atoms with Crippen molar-refractivity contribution in [2.24, 2.45) is 11.1 Å². The highest BCUT2D eigenvalue weighted by Crippen LogP contribution is 2.27. The van der Waals surface area contributed by atoms with E-state index in [1.165, 1.54) is 7.05 Å². The number of rotatable bonds is 2. The zero-order valence-corrected chi connectivity index (χ0v) is 9.38. The summed E-state index contributed by atoms with van der Waals surface area (Å²) in [5.41, 5.74) is -0.451. The first-order valence-corrected chi connectivity index (χ1v) is 4.54. The number of ether oxygens (including phenoxy) is 1. The van der Waals surface area contributed by atoms with Crippen LogP contribution in [0.15, 0.2) is 17.5 Å². The third-order valence-corrected chi connectivity index (χ3v) is 1.86. The van der Waals surface area contributed by atoms with Crippen molar-refractivity contribution in [1.82, 2.24) is 4.98 Å². The lowest BCUT2D eigenvalue weighted by Crippen LogP contribution is -2.22. The molecule has 0 spiro atoms. The number of amidine groups is 1. The fraction of sp³-hybridized carbons (Fsp3) is 0.143. The summed E-state index contributed by atoms with van der Waals surface area (Å²) in [5.74, 6) is 4.54. The second-order valence-electron chi connectivity index (χ2n) is 2.78. The van der Waals surface area contributed by atoms with Gasteiger partial charge >= 0.3 is 17.6 Å². The molecular formula is C7H8ClN6O3+. The average Bonchev–Trinajstić information content (AvgIpc) is 2.29. The maximum absolute atomic E-state index is 10.7. The van der Waals surface area contributed by atoms with Gasteiger partial charge in [-0.15, -0.1) is 10.1 Å². The van der Waals surface area contributed by atoms with Crippen molar-refractivity contribution in [3.05, 3.63) is 27.4 Å². The van der Waals surface area contributed by atoms with E-state index in [0.29, 0.717) is 0 Å². The molecule has 0 aromatic carbocycles. The summed E-state index contributed by atoms with van der Waals surface area (Å²) in [7, 11) is 1.34. The summed E-state index contributed by atoms with van der Waals surface area (Å²) in [4.78, 5) is 13.6. The van der Waals surface area contributed by atoms with Crippen molar-refractivity contribution >= 4 is 23.3 Å². The molecule has 10 heteroatoms. The van der Waals surface area contributed by atoms with Crippen molar-refractivity contribution in [2.75, 3.05) is 7.05 Å². The molecule has 0 saturated carbocycles. The van der Waals surface area contributed by atoms with Gasteiger partial charge in [-0.2, -0.15) is 0 Å². The maximum Gasteiger partial charge on any atom is 0.452 e. The molecule has 1 heterocycles. The van der Waals surface area contributed by atoms with Crippen LogP contribution in [0.1, 0.15) is 0 Å². The first-order chi connectivity index (χ1) is 7.95. The first kappa shape index (κ1) is 12.8. The molecule has 3 N–H and O–H groups in total. The van der Waals surface area contributed by atoms with Crippen molar-refractivity contribution in [2.45, 2.75) is 0 Å². The predicted molar refractivity (Wildman–Crippen MR) is 57.1 cm³/mol. The Labute approximate surface area is 100 Å². The molecule has 1 aromatic rings. The van der Waals surface area contributed by atoms with Crippen LogP contribution in [-0.4, -0.2) is 27.7 Å². The van der Waals surface area contributed by atoms with E-state index in [1.807, 2.05) is 0 Å². The van der Waals surface area contributed by atoms with Gasteiger partial charge in [0.15, 0.2) is 0 Å². The SMILES string of the molecule is C/[N+](=N/N)C(=N)Oc1ncc(Cl)cc1[N+](=O)[O-]. The maximum atomic E-state index is 10.7. The Hall–Kier alpha value is -2.29. The van der Waals surface area contributed by atoms with E-state index in [2.05, 4.69) is 10.2 Å². The number of aromatic nitrogens is 1. The van der Waals surface area contributed by atoms with Gasteiger partial charge in [-0.05, 0) is 0 Å². The minimum absolute atomic E-state index is 0.0902. The summed E-state index contributed by atoms with van der Waals surface area (Å²) in [5, 5.41) is 21.3. The molecule has 0 aliphatic carbocycles. The lowest BCUT2D eigenvalue weighted by atomic mass is 10.4. The van der Waals surface area contributed by atoms with Gasteiger partial charge in [0.05, 0.1) is 23.2 Å². The van der Waals surface area contributed by atoms with Gasteiger partial charge in [0, 0.05) is 11.3 Å². The monoisotopic (exact) mass is 259 g/mol. The van der Waals surface area contributed by atoms with Crippen LogP contribution in [0, 0.1) is 15.5 Å². The van der Waals surface area contributed by atoms with E-state index in [4.69, 9.17) is 27.6 Å². The Morgan fingerprint density at radius 1 is 1.76 bits per heavy atom. The van der Waals surface area contributed by atoms with Crippen LogP contribution in [-0.2, 0) is 0 Å². The topological polar surface area (TPSA) is 131 Å². The van der Waals surface area contributed by atoms with Crippen LogP contribution < -0.4 is 10.6 Å². The van der Waals surface area contributed by atoms with Gasteiger partial charge in [-0.3, -0.25) is 10.1 Å². The summed E-state index contributed by atoms with van der Waals surface area (Å²) in [6, 6.07) is 0.557. The number of nitrogens with zero attached hydrogens (tertiary/aromatic N) is 4. The Balaban J connectivity index is 3.07. The molecule has 9 nitrogen and oxygen atoms in total. The van der Waals surface area contributed by atoms with E-state index < -0.39 is 16.6 Å². The minimum atomic E-state index is -0.721. The number of hydrogen-bond acceptors (Lipinski definition) is 6. The summed E-state index contributed by atoms with van der Waals surface area (Å²) in [6.45, 7) is 0. The van der Waals surface area contributed by atoms with E-state index in [0.717, 1.165) is 17.0 Å². The minimum Gasteiger partial charge on any atom is -0.374 e. The molecule has 0 unspecified atom stereocenters. The van der Waals surface area contributed by atoms with Gasteiger partial charge in [0.25, 0.3) is 0 Å². The van der Waals surface area contributed by atoms with Crippen LogP contribution in [0.4, 0.5) is 5.69 Å². The van der Waals surface area contributed by atoms with Crippen molar-refractivity contribution in [1.29, 1.82) is 5.41 Å².